The van der Waals surface area contributed by atoms with E-state index in [0.29, 0.717) is 11.8 Å². The third kappa shape index (κ3) is 8.71. The second kappa shape index (κ2) is 13.8. The van der Waals surface area contributed by atoms with Crippen LogP contribution in [0, 0.1) is 5.92 Å². The summed E-state index contributed by atoms with van der Waals surface area (Å²) in [5.74, 6) is 0.707. The summed E-state index contributed by atoms with van der Waals surface area (Å²) in [4.78, 5) is 19.3. The molecule has 0 spiro atoms. The molecule has 23 heavy (non-hydrogen) atoms. The van der Waals surface area contributed by atoms with E-state index in [2.05, 4.69) is 42.5 Å². The molecule has 2 heterocycles. The Morgan fingerprint density at radius 1 is 0.913 bits per heavy atom. The van der Waals surface area contributed by atoms with E-state index in [1.54, 1.807) is 0 Å². The highest BCUT2D eigenvalue weighted by Crippen LogP contribution is 2.19. The Balaban J connectivity index is 0.000000868. The first-order chi connectivity index (χ1) is 11.1. The Morgan fingerprint density at radius 2 is 1.39 bits per heavy atom. The number of piperazine rings is 1. The number of piperidine rings is 1. The van der Waals surface area contributed by atoms with Crippen molar-refractivity contribution in [3.8, 4) is 0 Å². The van der Waals surface area contributed by atoms with Crippen molar-refractivity contribution in [3.63, 3.8) is 0 Å². The van der Waals surface area contributed by atoms with Gasteiger partial charge in [-0.1, -0.05) is 41.0 Å². The molecule has 2 aliphatic heterocycles. The molecule has 2 rings (SSSR count). The zero-order valence-electron chi connectivity index (χ0n) is 16.6. The van der Waals surface area contributed by atoms with Crippen LogP contribution >= 0.6 is 0 Å². The zero-order chi connectivity index (χ0) is 17.7. The quantitative estimate of drug-likeness (QED) is 0.795. The van der Waals surface area contributed by atoms with Gasteiger partial charge in [-0.2, -0.15) is 0 Å². The fourth-order valence-corrected chi connectivity index (χ4v) is 3.02. The molecule has 2 saturated heterocycles. The summed E-state index contributed by atoms with van der Waals surface area (Å²) in [5, 5.41) is 0. The number of amides is 1. The van der Waals surface area contributed by atoms with Crippen molar-refractivity contribution in [2.75, 3.05) is 52.9 Å². The van der Waals surface area contributed by atoms with E-state index >= 15 is 0 Å². The molecule has 0 atom stereocenters. The summed E-state index contributed by atoms with van der Waals surface area (Å²) >= 11 is 0. The Hall–Kier alpha value is -0.610. The maximum absolute atomic E-state index is 12.4. The van der Waals surface area contributed by atoms with Crippen LogP contribution in [0.3, 0.4) is 0 Å². The number of likely N-dealkylation sites (tertiary alicyclic amines) is 1. The fraction of sp³-hybridized carbons (Fsp3) is 0.947. The van der Waals surface area contributed by atoms with Crippen LogP contribution in [0.5, 0.6) is 0 Å². The van der Waals surface area contributed by atoms with Crippen LogP contribution in [0.1, 0.15) is 60.3 Å². The zero-order valence-corrected chi connectivity index (χ0v) is 16.6. The van der Waals surface area contributed by atoms with Crippen LogP contribution in [-0.4, -0.2) is 73.5 Å². The fourth-order valence-electron chi connectivity index (χ4n) is 3.02. The van der Waals surface area contributed by atoms with Gasteiger partial charge < -0.3 is 9.80 Å². The summed E-state index contributed by atoms with van der Waals surface area (Å²) in [5.41, 5.74) is 0. The monoisotopic (exact) mass is 327 g/mol. The Labute approximate surface area is 145 Å². The second-order valence-corrected chi connectivity index (χ2v) is 6.45. The topological polar surface area (TPSA) is 26.8 Å². The Bertz CT molecular complexity index is 280. The molecule has 0 aromatic carbocycles. The smallest absolute Gasteiger partial charge is 0.225 e. The van der Waals surface area contributed by atoms with E-state index in [9.17, 15) is 4.79 Å². The van der Waals surface area contributed by atoms with Crippen LogP contribution in [0.2, 0.25) is 0 Å². The van der Waals surface area contributed by atoms with Gasteiger partial charge in [0.15, 0.2) is 0 Å². The van der Waals surface area contributed by atoms with E-state index in [4.69, 9.17) is 0 Å². The lowest BCUT2D eigenvalue weighted by Gasteiger charge is -2.38. The van der Waals surface area contributed by atoms with Gasteiger partial charge in [-0.25, -0.2) is 0 Å². The molecule has 1 amide bonds. The van der Waals surface area contributed by atoms with Gasteiger partial charge in [0.25, 0.3) is 0 Å². The number of hydrogen-bond donors (Lipinski definition) is 0. The van der Waals surface area contributed by atoms with Gasteiger partial charge in [0.1, 0.15) is 0 Å². The average Bonchev–Trinajstić information content (AvgIpc) is 2.58. The SMILES string of the molecule is CC.CCC.CCCN1CCN(C(=O)C2CCN(C)CC2)CC1. The molecule has 0 aromatic heterocycles. The Morgan fingerprint density at radius 3 is 1.83 bits per heavy atom. The number of nitrogens with zero attached hydrogens (tertiary/aromatic N) is 3. The second-order valence-electron chi connectivity index (χ2n) is 6.45. The summed E-state index contributed by atoms with van der Waals surface area (Å²) in [6, 6.07) is 0. The van der Waals surface area contributed by atoms with Crippen molar-refractivity contribution in [1.82, 2.24) is 14.7 Å². The highest BCUT2D eigenvalue weighted by molar-refractivity contribution is 5.79. The number of carbonyl (C=O) groups excluding carboxylic acids is 1. The highest BCUT2D eigenvalue weighted by Gasteiger charge is 2.29. The van der Waals surface area contributed by atoms with Gasteiger partial charge in [-0.3, -0.25) is 9.69 Å². The van der Waals surface area contributed by atoms with Crippen LogP contribution in [0.4, 0.5) is 0 Å². The minimum Gasteiger partial charge on any atom is -0.340 e. The van der Waals surface area contributed by atoms with Crippen molar-refractivity contribution in [2.24, 2.45) is 5.92 Å². The molecular formula is C19H41N3O. The summed E-state index contributed by atoms with van der Waals surface area (Å²) in [7, 11) is 2.14. The molecular weight excluding hydrogens is 286 g/mol. The predicted molar refractivity (Wildman–Crippen MR) is 101 cm³/mol. The van der Waals surface area contributed by atoms with Gasteiger partial charge in [0, 0.05) is 32.1 Å². The van der Waals surface area contributed by atoms with Gasteiger partial charge in [-0.05, 0) is 45.9 Å². The van der Waals surface area contributed by atoms with Gasteiger partial charge in [0.05, 0.1) is 0 Å². The van der Waals surface area contributed by atoms with Gasteiger partial charge in [-0.15, -0.1) is 0 Å². The normalized spacial score (nSPS) is 20.2. The first-order valence-electron chi connectivity index (χ1n) is 9.82. The first-order valence-corrected chi connectivity index (χ1v) is 9.82. The number of hydrogen-bond acceptors (Lipinski definition) is 3. The van der Waals surface area contributed by atoms with E-state index in [1.807, 2.05) is 13.8 Å². The van der Waals surface area contributed by atoms with Crippen LogP contribution in [-0.2, 0) is 4.79 Å². The third-order valence-electron chi connectivity index (χ3n) is 4.29. The van der Waals surface area contributed by atoms with Gasteiger partial charge in [0.2, 0.25) is 5.91 Å². The summed E-state index contributed by atoms with van der Waals surface area (Å²) < 4.78 is 0. The molecule has 0 radical (unpaired) electrons. The minimum absolute atomic E-state index is 0.291. The van der Waals surface area contributed by atoms with Crippen molar-refractivity contribution in [3.05, 3.63) is 0 Å². The summed E-state index contributed by atoms with van der Waals surface area (Å²) in [6.45, 7) is 17.8. The molecule has 4 heteroatoms. The molecule has 4 nitrogen and oxygen atoms in total. The predicted octanol–water partition coefficient (Wildman–Crippen LogP) is 3.32. The molecule has 0 N–H and O–H groups in total. The maximum Gasteiger partial charge on any atom is 0.225 e. The van der Waals surface area contributed by atoms with E-state index in [0.717, 1.165) is 52.1 Å². The minimum atomic E-state index is 0.291. The van der Waals surface area contributed by atoms with Crippen molar-refractivity contribution in [1.29, 1.82) is 0 Å². The molecule has 0 aliphatic carbocycles. The molecule has 0 unspecified atom stereocenters. The molecule has 0 bridgehead atoms. The van der Waals surface area contributed by atoms with Crippen molar-refractivity contribution >= 4 is 5.91 Å². The molecule has 138 valence electrons. The lowest BCUT2D eigenvalue weighted by atomic mass is 9.95. The third-order valence-corrected chi connectivity index (χ3v) is 4.29. The number of carbonyl (C=O) groups is 1. The lowest BCUT2D eigenvalue weighted by molar-refractivity contribution is -0.138. The van der Waals surface area contributed by atoms with E-state index < -0.39 is 0 Å². The summed E-state index contributed by atoms with van der Waals surface area (Å²) in [6.07, 6.45) is 4.55. The van der Waals surface area contributed by atoms with Crippen molar-refractivity contribution < 1.29 is 4.79 Å². The first kappa shape index (κ1) is 22.4. The molecule has 0 saturated carbocycles. The van der Waals surface area contributed by atoms with Crippen molar-refractivity contribution in [2.45, 2.75) is 60.3 Å². The molecule has 2 aliphatic rings. The standard InChI is InChI=1S/C14H27N3O.C3H8.C2H6/c1-3-6-16-9-11-17(12-10-16)14(18)13-4-7-15(2)8-5-13;1-3-2;1-2/h13H,3-12H2,1-2H3;3H2,1-2H3;1-2H3. The highest BCUT2D eigenvalue weighted by atomic mass is 16.2. The number of rotatable bonds is 3. The van der Waals surface area contributed by atoms with Crippen LogP contribution in [0.25, 0.3) is 0 Å². The Kier molecular flexibility index (Phi) is 13.4. The van der Waals surface area contributed by atoms with Gasteiger partial charge >= 0.3 is 0 Å². The largest absolute Gasteiger partial charge is 0.340 e. The molecule has 2 fully saturated rings. The average molecular weight is 328 g/mol. The van der Waals surface area contributed by atoms with E-state index in [1.165, 1.54) is 19.4 Å². The van der Waals surface area contributed by atoms with Crippen LogP contribution in [0.15, 0.2) is 0 Å². The lowest BCUT2D eigenvalue weighted by Crippen LogP contribution is -2.51. The van der Waals surface area contributed by atoms with E-state index in [-0.39, 0.29) is 0 Å². The molecule has 0 aromatic rings. The van der Waals surface area contributed by atoms with Crippen LogP contribution < -0.4 is 0 Å². The maximum atomic E-state index is 12.4.